The van der Waals surface area contributed by atoms with Crippen molar-refractivity contribution < 1.29 is 0 Å². The number of nitrogens with two attached hydrogens (primary N) is 1. The van der Waals surface area contributed by atoms with Gasteiger partial charge in [0.05, 0.1) is 0 Å². The molecule has 1 heterocycles. The molecule has 0 spiro atoms. The highest BCUT2D eigenvalue weighted by molar-refractivity contribution is 6.30. The van der Waals surface area contributed by atoms with E-state index in [0.717, 1.165) is 16.8 Å². The third kappa shape index (κ3) is 2.38. The molecule has 0 aliphatic heterocycles. The Morgan fingerprint density at radius 1 is 1.24 bits per heavy atom. The Morgan fingerprint density at radius 2 is 2.00 bits per heavy atom. The van der Waals surface area contributed by atoms with E-state index in [1.54, 1.807) is 0 Å². The second kappa shape index (κ2) is 4.69. The Hall–Kier alpha value is -1.65. The van der Waals surface area contributed by atoms with E-state index >= 15 is 0 Å². The molecular weight excluding hydrogens is 236 g/mol. The van der Waals surface area contributed by atoms with Crippen molar-refractivity contribution in [3.05, 3.63) is 40.5 Å². The molecule has 2 aromatic rings. The van der Waals surface area contributed by atoms with Crippen LogP contribution < -0.4 is 11.3 Å². The number of hydrogen-bond donors (Lipinski definition) is 2. The van der Waals surface area contributed by atoms with E-state index in [9.17, 15) is 0 Å². The summed E-state index contributed by atoms with van der Waals surface area (Å²) in [6.45, 7) is 3.85. The molecule has 0 fully saturated rings. The molecule has 88 valence electrons. The number of nitrogens with zero attached hydrogens (tertiary/aromatic N) is 2. The van der Waals surface area contributed by atoms with Gasteiger partial charge in [0.25, 0.3) is 0 Å². The van der Waals surface area contributed by atoms with Crippen LogP contribution in [0.5, 0.6) is 0 Å². The molecule has 3 N–H and O–H groups in total. The number of nitrogen functional groups attached to an aromatic ring is 1. The van der Waals surface area contributed by atoms with Gasteiger partial charge in [0.1, 0.15) is 5.82 Å². The number of aryl methyl sites for hydroxylation is 1. The van der Waals surface area contributed by atoms with E-state index in [4.69, 9.17) is 17.4 Å². The van der Waals surface area contributed by atoms with E-state index in [1.807, 2.05) is 38.1 Å². The van der Waals surface area contributed by atoms with Gasteiger partial charge in [-0.2, -0.15) is 0 Å². The minimum absolute atomic E-state index is 0.614. The number of halogens is 1. The van der Waals surface area contributed by atoms with Crippen LogP contribution in [0.4, 0.5) is 5.82 Å². The number of hydrogen-bond acceptors (Lipinski definition) is 4. The van der Waals surface area contributed by atoms with Crippen LogP contribution in [0.1, 0.15) is 11.3 Å². The number of benzene rings is 1. The number of aromatic nitrogens is 2. The van der Waals surface area contributed by atoms with Gasteiger partial charge in [-0.1, -0.05) is 23.7 Å². The molecule has 0 aliphatic carbocycles. The van der Waals surface area contributed by atoms with Gasteiger partial charge in [0, 0.05) is 21.8 Å². The van der Waals surface area contributed by atoms with Crippen LogP contribution in [0.15, 0.2) is 24.3 Å². The molecule has 0 saturated heterocycles. The number of anilines is 1. The average molecular weight is 249 g/mol. The first-order valence-corrected chi connectivity index (χ1v) is 5.57. The molecule has 0 aliphatic rings. The van der Waals surface area contributed by atoms with Crippen molar-refractivity contribution in [2.24, 2.45) is 5.84 Å². The lowest BCUT2D eigenvalue weighted by molar-refractivity contribution is 1.06. The van der Waals surface area contributed by atoms with Crippen LogP contribution >= 0.6 is 11.6 Å². The minimum atomic E-state index is 0.614. The Morgan fingerprint density at radius 3 is 2.65 bits per heavy atom. The summed E-state index contributed by atoms with van der Waals surface area (Å²) in [4.78, 5) is 8.78. The van der Waals surface area contributed by atoms with Crippen LogP contribution in [0.3, 0.4) is 0 Å². The van der Waals surface area contributed by atoms with Gasteiger partial charge in [-0.05, 0) is 26.0 Å². The number of nitrogens with one attached hydrogen (secondary N) is 1. The Labute approximate surface area is 105 Å². The lowest BCUT2D eigenvalue weighted by Gasteiger charge is -2.09. The predicted octanol–water partition coefficient (Wildman–Crippen LogP) is 2.70. The number of hydrazine groups is 1. The van der Waals surface area contributed by atoms with E-state index in [2.05, 4.69) is 15.4 Å². The Balaban J connectivity index is 2.56. The Kier molecular flexibility index (Phi) is 3.26. The van der Waals surface area contributed by atoms with Gasteiger partial charge in [-0.3, -0.25) is 0 Å². The second-order valence-corrected chi connectivity index (χ2v) is 4.20. The topological polar surface area (TPSA) is 63.8 Å². The van der Waals surface area contributed by atoms with Crippen molar-refractivity contribution in [1.82, 2.24) is 9.97 Å². The van der Waals surface area contributed by atoms with Crippen LogP contribution in [0.2, 0.25) is 5.02 Å². The molecule has 1 aromatic heterocycles. The van der Waals surface area contributed by atoms with Crippen LogP contribution in [0.25, 0.3) is 11.4 Å². The smallest absolute Gasteiger partial charge is 0.161 e. The first kappa shape index (κ1) is 11.8. The molecule has 4 nitrogen and oxygen atoms in total. The van der Waals surface area contributed by atoms with E-state index in [1.165, 1.54) is 0 Å². The molecule has 0 radical (unpaired) electrons. The molecule has 0 amide bonds. The minimum Gasteiger partial charge on any atom is -0.308 e. The molecule has 2 rings (SSSR count). The molecule has 0 unspecified atom stereocenters. The van der Waals surface area contributed by atoms with Gasteiger partial charge < -0.3 is 5.43 Å². The lowest BCUT2D eigenvalue weighted by atomic mass is 10.2. The summed E-state index contributed by atoms with van der Waals surface area (Å²) < 4.78 is 0. The summed E-state index contributed by atoms with van der Waals surface area (Å²) in [5, 5.41) is 0.659. The standard InChI is InChI=1S/C12H13ClN4/c1-7-8(2)15-12(16-11(7)17-14)9-4-3-5-10(13)6-9/h3-6H,14H2,1-2H3,(H,15,16,17). The first-order chi connectivity index (χ1) is 8.11. The van der Waals surface area contributed by atoms with Gasteiger partial charge in [-0.15, -0.1) is 0 Å². The SMILES string of the molecule is Cc1nc(-c2cccc(Cl)c2)nc(NN)c1C. The van der Waals surface area contributed by atoms with Crippen molar-refractivity contribution in [1.29, 1.82) is 0 Å². The third-order valence-corrected chi connectivity index (χ3v) is 2.84. The summed E-state index contributed by atoms with van der Waals surface area (Å²) in [6, 6.07) is 7.42. The van der Waals surface area contributed by atoms with Gasteiger partial charge in [0.2, 0.25) is 0 Å². The molecule has 5 heteroatoms. The van der Waals surface area contributed by atoms with Crippen LogP contribution in [-0.2, 0) is 0 Å². The van der Waals surface area contributed by atoms with Crippen molar-refractivity contribution >= 4 is 17.4 Å². The highest BCUT2D eigenvalue weighted by Crippen LogP contribution is 2.23. The molecular formula is C12H13ClN4. The number of rotatable bonds is 2. The maximum atomic E-state index is 5.94. The summed E-state index contributed by atoms with van der Waals surface area (Å²) in [5.41, 5.74) is 5.28. The van der Waals surface area contributed by atoms with Gasteiger partial charge >= 0.3 is 0 Å². The van der Waals surface area contributed by atoms with Crippen LogP contribution in [-0.4, -0.2) is 9.97 Å². The summed E-state index contributed by atoms with van der Waals surface area (Å²) in [5.74, 6) is 6.68. The molecule has 17 heavy (non-hydrogen) atoms. The second-order valence-electron chi connectivity index (χ2n) is 3.76. The van der Waals surface area contributed by atoms with Gasteiger partial charge in [0.15, 0.2) is 5.82 Å². The fourth-order valence-electron chi connectivity index (χ4n) is 1.53. The molecule has 0 bridgehead atoms. The Bertz CT molecular complexity index is 554. The summed E-state index contributed by atoms with van der Waals surface area (Å²) in [7, 11) is 0. The fourth-order valence-corrected chi connectivity index (χ4v) is 1.72. The first-order valence-electron chi connectivity index (χ1n) is 5.19. The zero-order valence-electron chi connectivity index (χ0n) is 9.66. The largest absolute Gasteiger partial charge is 0.308 e. The van der Waals surface area contributed by atoms with Gasteiger partial charge in [-0.25, -0.2) is 15.8 Å². The normalized spacial score (nSPS) is 10.4. The maximum Gasteiger partial charge on any atom is 0.161 e. The van der Waals surface area contributed by atoms with Crippen molar-refractivity contribution in [3.8, 4) is 11.4 Å². The van der Waals surface area contributed by atoms with E-state index in [-0.39, 0.29) is 0 Å². The van der Waals surface area contributed by atoms with Crippen molar-refractivity contribution in [2.75, 3.05) is 5.43 Å². The van der Waals surface area contributed by atoms with E-state index < -0.39 is 0 Å². The van der Waals surface area contributed by atoms with Crippen LogP contribution in [0, 0.1) is 13.8 Å². The fraction of sp³-hybridized carbons (Fsp3) is 0.167. The quantitative estimate of drug-likeness (QED) is 0.634. The van der Waals surface area contributed by atoms with E-state index in [0.29, 0.717) is 16.7 Å². The summed E-state index contributed by atoms with van der Waals surface area (Å²) >= 11 is 5.94. The summed E-state index contributed by atoms with van der Waals surface area (Å²) in [6.07, 6.45) is 0. The lowest BCUT2D eigenvalue weighted by Crippen LogP contribution is -2.12. The maximum absolute atomic E-state index is 5.94. The zero-order valence-corrected chi connectivity index (χ0v) is 10.4. The van der Waals surface area contributed by atoms with Crippen molar-refractivity contribution in [2.45, 2.75) is 13.8 Å². The average Bonchev–Trinajstić information content (AvgIpc) is 2.32. The highest BCUT2D eigenvalue weighted by Gasteiger charge is 2.08. The molecule has 0 atom stereocenters. The molecule has 0 saturated carbocycles. The highest BCUT2D eigenvalue weighted by atomic mass is 35.5. The zero-order chi connectivity index (χ0) is 12.4. The predicted molar refractivity (Wildman–Crippen MR) is 69.8 cm³/mol. The van der Waals surface area contributed by atoms with Crippen molar-refractivity contribution in [3.63, 3.8) is 0 Å². The third-order valence-electron chi connectivity index (χ3n) is 2.61. The monoisotopic (exact) mass is 248 g/mol. The molecule has 1 aromatic carbocycles.